The van der Waals surface area contributed by atoms with Crippen molar-refractivity contribution < 1.29 is 17.9 Å². The highest BCUT2D eigenvalue weighted by Crippen LogP contribution is 2.29. The standard InChI is InChI=1S/C13H18F3N3O/c1-2-3-6-9-18-12(17)19-10-7-4-5-8-11(10)20-13(14,15)16/h4-5,7-8H,2-3,6,9H2,1H3,(H3,17,18,19). The van der Waals surface area contributed by atoms with Crippen LogP contribution in [0.15, 0.2) is 29.3 Å². The van der Waals surface area contributed by atoms with Crippen molar-refractivity contribution in [3.63, 3.8) is 0 Å². The van der Waals surface area contributed by atoms with Crippen LogP contribution in [0, 0.1) is 0 Å². The van der Waals surface area contributed by atoms with Crippen LogP contribution < -0.4 is 15.8 Å². The number of alkyl halides is 3. The second-order valence-corrected chi connectivity index (χ2v) is 4.14. The first-order valence-electron chi connectivity index (χ1n) is 6.34. The van der Waals surface area contributed by atoms with E-state index in [1.165, 1.54) is 18.2 Å². The lowest BCUT2D eigenvalue weighted by Gasteiger charge is -2.14. The minimum atomic E-state index is -4.75. The number of hydrogen-bond acceptors (Lipinski definition) is 2. The number of nitrogens with zero attached hydrogens (tertiary/aromatic N) is 1. The summed E-state index contributed by atoms with van der Waals surface area (Å²) in [5, 5.41) is 2.61. The van der Waals surface area contributed by atoms with Crippen LogP contribution in [0.2, 0.25) is 0 Å². The smallest absolute Gasteiger partial charge is 0.404 e. The number of para-hydroxylation sites is 2. The maximum absolute atomic E-state index is 12.2. The summed E-state index contributed by atoms with van der Waals surface area (Å²) in [6, 6.07) is 5.67. The van der Waals surface area contributed by atoms with E-state index >= 15 is 0 Å². The van der Waals surface area contributed by atoms with E-state index in [9.17, 15) is 13.2 Å². The van der Waals surface area contributed by atoms with Crippen LogP contribution in [-0.4, -0.2) is 18.9 Å². The number of aliphatic imine (C=N–C) groups is 1. The van der Waals surface area contributed by atoms with Crippen LogP contribution in [0.4, 0.5) is 18.9 Å². The maximum atomic E-state index is 12.2. The second kappa shape index (κ2) is 7.62. The van der Waals surface area contributed by atoms with Gasteiger partial charge in [-0.25, -0.2) is 0 Å². The molecule has 0 aromatic heterocycles. The zero-order valence-electron chi connectivity index (χ0n) is 11.2. The van der Waals surface area contributed by atoms with Gasteiger partial charge in [-0.1, -0.05) is 31.9 Å². The molecule has 0 fully saturated rings. The average molecular weight is 289 g/mol. The van der Waals surface area contributed by atoms with E-state index in [0.717, 1.165) is 19.3 Å². The van der Waals surface area contributed by atoms with Gasteiger partial charge in [-0.15, -0.1) is 13.2 Å². The van der Waals surface area contributed by atoms with Crippen LogP contribution >= 0.6 is 0 Å². The van der Waals surface area contributed by atoms with Crippen LogP contribution in [0.1, 0.15) is 26.2 Å². The molecular formula is C13H18F3N3O. The van der Waals surface area contributed by atoms with E-state index in [1.807, 2.05) is 0 Å². The number of nitrogens with one attached hydrogen (secondary N) is 1. The molecule has 0 saturated carbocycles. The van der Waals surface area contributed by atoms with Crippen LogP contribution in [0.25, 0.3) is 0 Å². The fourth-order valence-corrected chi connectivity index (χ4v) is 1.52. The van der Waals surface area contributed by atoms with Crippen molar-refractivity contribution in [2.75, 3.05) is 11.9 Å². The van der Waals surface area contributed by atoms with E-state index in [-0.39, 0.29) is 17.4 Å². The first-order chi connectivity index (χ1) is 9.42. The zero-order chi connectivity index (χ0) is 15.0. The number of benzene rings is 1. The Labute approximate surface area is 115 Å². The number of ether oxygens (including phenoxy) is 1. The van der Waals surface area contributed by atoms with Gasteiger partial charge in [0.2, 0.25) is 0 Å². The SMILES string of the molecule is CCCCCN=C(N)Nc1ccccc1OC(F)(F)F. The van der Waals surface area contributed by atoms with Crippen molar-refractivity contribution in [1.82, 2.24) is 0 Å². The molecule has 0 heterocycles. The summed E-state index contributed by atoms with van der Waals surface area (Å²) in [6.07, 6.45) is -1.76. The molecule has 20 heavy (non-hydrogen) atoms. The van der Waals surface area contributed by atoms with Crippen LogP contribution in [-0.2, 0) is 0 Å². The van der Waals surface area contributed by atoms with Gasteiger partial charge in [0.05, 0.1) is 5.69 Å². The zero-order valence-corrected chi connectivity index (χ0v) is 11.2. The number of rotatable bonds is 6. The number of nitrogens with two attached hydrogens (primary N) is 1. The first-order valence-corrected chi connectivity index (χ1v) is 6.34. The largest absolute Gasteiger partial charge is 0.573 e. The molecule has 0 aliphatic rings. The normalized spacial score (nSPS) is 12.3. The topological polar surface area (TPSA) is 59.6 Å². The van der Waals surface area contributed by atoms with Gasteiger partial charge in [0.1, 0.15) is 0 Å². The Bertz CT molecular complexity index is 447. The van der Waals surface area contributed by atoms with E-state index in [1.54, 1.807) is 6.07 Å². The lowest BCUT2D eigenvalue weighted by molar-refractivity contribution is -0.274. The Balaban J connectivity index is 2.67. The van der Waals surface area contributed by atoms with Gasteiger partial charge in [-0.3, -0.25) is 4.99 Å². The third-order valence-electron chi connectivity index (χ3n) is 2.42. The molecular weight excluding hydrogens is 271 g/mol. The van der Waals surface area contributed by atoms with E-state index in [2.05, 4.69) is 22.0 Å². The van der Waals surface area contributed by atoms with Gasteiger partial charge < -0.3 is 15.8 Å². The van der Waals surface area contributed by atoms with Gasteiger partial charge >= 0.3 is 6.36 Å². The summed E-state index contributed by atoms with van der Waals surface area (Å²) < 4.78 is 40.6. The Morgan fingerprint density at radius 3 is 2.65 bits per heavy atom. The Morgan fingerprint density at radius 1 is 1.30 bits per heavy atom. The number of unbranched alkanes of at least 4 members (excludes halogenated alkanes) is 2. The molecule has 0 amide bonds. The van der Waals surface area contributed by atoms with Crippen molar-refractivity contribution >= 4 is 11.6 Å². The predicted molar refractivity (Wildman–Crippen MR) is 72.8 cm³/mol. The molecule has 0 atom stereocenters. The summed E-state index contributed by atoms with van der Waals surface area (Å²) in [5.41, 5.74) is 5.75. The molecule has 1 aromatic carbocycles. The highest BCUT2D eigenvalue weighted by Gasteiger charge is 2.32. The summed E-state index contributed by atoms with van der Waals surface area (Å²) in [6.45, 7) is 2.60. The Hall–Kier alpha value is -1.92. The summed E-state index contributed by atoms with van der Waals surface area (Å²) in [4.78, 5) is 4.04. The molecule has 0 bridgehead atoms. The van der Waals surface area contributed by atoms with Crippen molar-refractivity contribution in [3.05, 3.63) is 24.3 Å². The van der Waals surface area contributed by atoms with Gasteiger partial charge in [0.15, 0.2) is 11.7 Å². The maximum Gasteiger partial charge on any atom is 0.573 e. The third-order valence-corrected chi connectivity index (χ3v) is 2.42. The monoisotopic (exact) mass is 289 g/mol. The predicted octanol–water partition coefficient (Wildman–Crippen LogP) is 3.50. The first kappa shape index (κ1) is 16.1. The molecule has 7 heteroatoms. The highest BCUT2D eigenvalue weighted by molar-refractivity contribution is 5.93. The molecule has 0 spiro atoms. The van der Waals surface area contributed by atoms with Gasteiger partial charge in [0.25, 0.3) is 0 Å². The molecule has 112 valence electrons. The number of guanidine groups is 1. The lowest BCUT2D eigenvalue weighted by atomic mass is 10.2. The molecule has 1 rings (SSSR count). The van der Waals surface area contributed by atoms with Crippen molar-refractivity contribution in [1.29, 1.82) is 0 Å². The number of anilines is 1. The quantitative estimate of drug-likeness (QED) is 0.478. The molecule has 3 N–H and O–H groups in total. The molecule has 0 unspecified atom stereocenters. The summed E-state index contributed by atoms with van der Waals surface area (Å²) in [5.74, 6) is -0.272. The van der Waals surface area contributed by atoms with Crippen LogP contribution in [0.5, 0.6) is 5.75 Å². The molecule has 4 nitrogen and oxygen atoms in total. The van der Waals surface area contributed by atoms with Crippen molar-refractivity contribution in [2.24, 2.45) is 10.7 Å². The van der Waals surface area contributed by atoms with E-state index < -0.39 is 6.36 Å². The van der Waals surface area contributed by atoms with Gasteiger partial charge in [-0.2, -0.15) is 0 Å². The minimum Gasteiger partial charge on any atom is -0.404 e. The van der Waals surface area contributed by atoms with Crippen LogP contribution in [0.3, 0.4) is 0 Å². The van der Waals surface area contributed by atoms with Gasteiger partial charge in [0, 0.05) is 6.54 Å². The molecule has 0 aliphatic heterocycles. The molecule has 0 saturated heterocycles. The van der Waals surface area contributed by atoms with E-state index in [0.29, 0.717) is 6.54 Å². The Morgan fingerprint density at radius 2 is 2.00 bits per heavy atom. The lowest BCUT2D eigenvalue weighted by Crippen LogP contribution is -2.24. The third kappa shape index (κ3) is 6.31. The number of hydrogen-bond donors (Lipinski definition) is 2. The molecule has 0 aliphatic carbocycles. The number of halogens is 3. The van der Waals surface area contributed by atoms with Gasteiger partial charge in [-0.05, 0) is 18.6 Å². The fraction of sp³-hybridized carbons (Fsp3) is 0.462. The summed E-state index contributed by atoms with van der Waals surface area (Å²) >= 11 is 0. The average Bonchev–Trinajstić information content (AvgIpc) is 2.35. The highest BCUT2D eigenvalue weighted by atomic mass is 19.4. The minimum absolute atomic E-state index is 0.0688. The summed E-state index contributed by atoms with van der Waals surface area (Å²) in [7, 11) is 0. The molecule has 0 radical (unpaired) electrons. The van der Waals surface area contributed by atoms with Crippen molar-refractivity contribution in [3.8, 4) is 5.75 Å². The molecule has 1 aromatic rings. The Kier molecular flexibility index (Phi) is 6.14. The fourth-order valence-electron chi connectivity index (χ4n) is 1.52. The van der Waals surface area contributed by atoms with E-state index in [4.69, 9.17) is 5.73 Å². The second-order valence-electron chi connectivity index (χ2n) is 4.14. The van der Waals surface area contributed by atoms with Crippen molar-refractivity contribution in [2.45, 2.75) is 32.5 Å².